The fourth-order valence-electron chi connectivity index (χ4n) is 3.42. The number of anilines is 1. The molecule has 4 rings (SSSR count). The molecule has 6 nitrogen and oxygen atoms in total. The molecule has 1 atom stereocenters. The van der Waals surface area contributed by atoms with E-state index in [4.69, 9.17) is 9.47 Å². The Morgan fingerprint density at radius 1 is 1.14 bits per heavy atom. The van der Waals surface area contributed by atoms with Crippen LogP contribution >= 0.6 is 0 Å². The minimum atomic E-state index is -0.709. The van der Waals surface area contributed by atoms with E-state index in [1.807, 2.05) is 0 Å². The van der Waals surface area contributed by atoms with Gasteiger partial charge in [-0.15, -0.1) is 0 Å². The van der Waals surface area contributed by atoms with Crippen molar-refractivity contribution in [2.45, 2.75) is 12.3 Å². The minimum absolute atomic E-state index is 0.0157. The van der Waals surface area contributed by atoms with Gasteiger partial charge in [-0.3, -0.25) is 9.36 Å². The highest BCUT2D eigenvalue weighted by Gasteiger charge is 2.33. The first-order valence-electron chi connectivity index (χ1n) is 8.56. The van der Waals surface area contributed by atoms with Gasteiger partial charge in [0.1, 0.15) is 35.3 Å². The van der Waals surface area contributed by atoms with Gasteiger partial charge in [0.15, 0.2) is 0 Å². The zero-order valence-corrected chi connectivity index (χ0v) is 15.2. The lowest BCUT2D eigenvalue weighted by Gasteiger charge is -2.24. The zero-order chi connectivity index (χ0) is 19.8. The van der Waals surface area contributed by atoms with E-state index in [2.05, 4.69) is 10.3 Å². The topological polar surface area (TPSA) is 65.4 Å². The first kappa shape index (κ1) is 18.0. The van der Waals surface area contributed by atoms with E-state index in [9.17, 15) is 13.6 Å². The highest BCUT2D eigenvalue weighted by Crippen LogP contribution is 2.40. The van der Waals surface area contributed by atoms with Crippen molar-refractivity contribution in [2.24, 2.45) is 0 Å². The normalized spacial score (nSPS) is 15.7. The maximum atomic E-state index is 14.4. The third-order valence-electron chi connectivity index (χ3n) is 4.76. The SMILES string of the molecule is COc1ccc(OC)c(-n2cnc3c2NC(=O)C[C@H]3c2ccc(F)cc2F)c1. The number of hydrogen-bond donors (Lipinski definition) is 1. The predicted octanol–water partition coefficient (Wildman–Crippen LogP) is 3.64. The summed E-state index contributed by atoms with van der Waals surface area (Å²) in [6.07, 6.45) is 1.55. The second-order valence-corrected chi connectivity index (χ2v) is 6.36. The van der Waals surface area contributed by atoms with Gasteiger partial charge in [-0.2, -0.15) is 0 Å². The maximum absolute atomic E-state index is 14.4. The van der Waals surface area contributed by atoms with Crippen molar-refractivity contribution in [3.63, 3.8) is 0 Å². The lowest BCUT2D eigenvalue weighted by atomic mass is 9.89. The van der Waals surface area contributed by atoms with E-state index >= 15 is 0 Å². The Morgan fingerprint density at radius 3 is 2.68 bits per heavy atom. The monoisotopic (exact) mass is 385 g/mol. The lowest BCUT2D eigenvalue weighted by Crippen LogP contribution is -2.25. The molecule has 3 aromatic rings. The number of fused-ring (bicyclic) bond motifs is 1. The molecule has 1 N–H and O–H groups in total. The fourth-order valence-corrected chi connectivity index (χ4v) is 3.42. The number of benzene rings is 2. The molecule has 1 aromatic heterocycles. The van der Waals surface area contributed by atoms with E-state index in [0.717, 1.165) is 6.07 Å². The predicted molar refractivity (Wildman–Crippen MR) is 98.1 cm³/mol. The van der Waals surface area contributed by atoms with Gasteiger partial charge in [-0.05, 0) is 23.8 Å². The summed E-state index contributed by atoms with van der Waals surface area (Å²) >= 11 is 0. The van der Waals surface area contributed by atoms with Crippen LogP contribution < -0.4 is 14.8 Å². The summed E-state index contributed by atoms with van der Waals surface area (Å²) in [5.74, 6) is -0.733. The van der Waals surface area contributed by atoms with Crippen molar-refractivity contribution in [2.75, 3.05) is 19.5 Å². The molecule has 8 heteroatoms. The minimum Gasteiger partial charge on any atom is -0.497 e. The number of carbonyl (C=O) groups is 1. The van der Waals surface area contributed by atoms with Crippen molar-refractivity contribution in [3.05, 3.63) is 65.6 Å². The Hall–Kier alpha value is -3.42. The summed E-state index contributed by atoms with van der Waals surface area (Å²) in [5.41, 5.74) is 1.33. The van der Waals surface area contributed by atoms with Crippen LogP contribution in [-0.2, 0) is 4.79 Å². The van der Waals surface area contributed by atoms with Gasteiger partial charge in [0.05, 0.1) is 25.6 Å². The first-order chi connectivity index (χ1) is 13.5. The van der Waals surface area contributed by atoms with Gasteiger partial charge in [-0.1, -0.05) is 6.07 Å². The van der Waals surface area contributed by atoms with Crippen LogP contribution in [0.1, 0.15) is 23.6 Å². The number of hydrogen-bond acceptors (Lipinski definition) is 4. The largest absolute Gasteiger partial charge is 0.497 e. The van der Waals surface area contributed by atoms with Crippen LogP contribution in [0, 0.1) is 11.6 Å². The van der Waals surface area contributed by atoms with Crippen LogP contribution in [0.15, 0.2) is 42.7 Å². The molecule has 0 aliphatic carbocycles. The summed E-state index contributed by atoms with van der Waals surface area (Å²) < 4.78 is 40.0. The molecule has 2 aromatic carbocycles. The number of ether oxygens (including phenoxy) is 2. The van der Waals surface area contributed by atoms with Gasteiger partial charge < -0.3 is 14.8 Å². The van der Waals surface area contributed by atoms with Crippen LogP contribution in [0.4, 0.5) is 14.6 Å². The van der Waals surface area contributed by atoms with Crippen molar-refractivity contribution in [1.82, 2.24) is 9.55 Å². The number of aromatic nitrogens is 2. The number of nitrogens with one attached hydrogen (secondary N) is 1. The summed E-state index contributed by atoms with van der Waals surface area (Å²) in [4.78, 5) is 16.8. The smallest absolute Gasteiger partial charge is 0.226 e. The van der Waals surface area contributed by atoms with Crippen molar-refractivity contribution >= 4 is 11.7 Å². The van der Waals surface area contributed by atoms with Gasteiger partial charge in [0, 0.05) is 24.5 Å². The lowest BCUT2D eigenvalue weighted by molar-refractivity contribution is -0.116. The molecule has 1 aliphatic rings. The molecule has 0 bridgehead atoms. The molecule has 1 aliphatic heterocycles. The van der Waals surface area contributed by atoms with Crippen LogP contribution in [0.25, 0.3) is 5.69 Å². The summed E-state index contributed by atoms with van der Waals surface area (Å²) in [6.45, 7) is 0. The Bertz CT molecular complexity index is 1060. The van der Waals surface area contributed by atoms with Crippen molar-refractivity contribution < 1.29 is 23.0 Å². The van der Waals surface area contributed by atoms with Gasteiger partial charge in [0.25, 0.3) is 0 Å². The molecule has 0 fully saturated rings. The second-order valence-electron chi connectivity index (χ2n) is 6.36. The average molecular weight is 385 g/mol. The number of nitrogens with zero attached hydrogens (tertiary/aromatic N) is 2. The molecule has 0 saturated heterocycles. The summed E-state index contributed by atoms with van der Waals surface area (Å²) in [6, 6.07) is 8.57. The molecule has 28 heavy (non-hydrogen) atoms. The molecule has 1 amide bonds. The van der Waals surface area contributed by atoms with Gasteiger partial charge in [0.2, 0.25) is 5.91 Å². The molecular weight excluding hydrogens is 368 g/mol. The molecule has 2 heterocycles. The first-order valence-corrected chi connectivity index (χ1v) is 8.56. The molecule has 0 unspecified atom stereocenters. The van der Waals surface area contributed by atoms with E-state index in [1.165, 1.54) is 25.6 Å². The average Bonchev–Trinajstić information content (AvgIpc) is 3.10. The molecule has 0 saturated carbocycles. The standard InChI is InChI=1S/C20H17F2N3O3/c1-27-12-4-6-17(28-2)16(8-12)25-10-23-19-14(9-18(26)24-20(19)25)13-5-3-11(21)7-15(13)22/h3-8,10,14H,9H2,1-2H3,(H,24,26)/t14-/m0/s1. The number of amides is 1. The maximum Gasteiger partial charge on any atom is 0.226 e. The van der Waals surface area contributed by atoms with E-state index in [1.54, 1.807) is 29.9 Å². The van der Waals surface area contributed by atoms with E-state index in [-0.39, 0.29) is 17.9 Å². The Balaban J connectivity index is 1.86. The molecular formula is C20H17F2N3O3. The van der Waals surface area contributed by atoms with Crippen LogP contribution in [-0.4, -0.2) is 29.7 Å². The van der Waals surface area contributed by atoms with Crippen LogP contribution in [0.5, 0.6) is 11.5 Å². The Kier molecular flexibility index (Phi) is 4.46. The van der Waals surface area contributed by atoms with Crippen molar-refractivity contribution in [3.8, 4) is 17.2 Å². The molecule has 0 spiro atoms. The highest BCUT2D eigenvalue weighted by molar-refractivity contribution is 5.94. The van der Waals surface area contributed by atoms with Crippen molar-refractivity contribution in [1.29, 1.82) is 0 Å². The van der Waals surface area contributed by atoms with Gasteiger partial charge >= 0.3 is 0 Å². The van der Waals surface area contributed by atoms with E-state index in [0.29, 0.717) is 28.7 Å². The number of halogens is 2. The number of methoxy groups -OCH3 is 2. The number of carbonyl (C=O) groups excluding carboxylic acids is 1. The quantitative estimate of drug-likeness (QED) is 0.745. The zero-order valence-electron chi connectivity index (χ0n) is 15.2. The van der Waals surface area contributed by atoms with Crippen LogP contribution in [0.2, 0.25) is 0 Å². The number of imidazole rings is 1. The Morgan fingerprint density at radius 2 is 1.96 bits per heavy atom. The summed E-state index contributed by atoms with van der Waals surface area (Å²) in [5, 5.41) is 2.79. The van der Waals surface area contributed by atoms with E-state index < -0.39 is 17.6 Å². The summed E-state index contributed by atoms with van der Waals surface area (Å²) in [7, 11) is 3.08. The Labute approximate surface area is 159 Å². The highest BCUT2D eigenvalue weighted by atomic mass is 19.1. The van der Waals surface area contributed by atoms with Gasteiger partial charge in [-0.25, -0.2) is 13.8 Å². The fraction of sp³-hybridized carbons (Fsp3) is 0.200. The number of rotatable bonds is 4. The molecule has 0 radical (unpaired) electrons. The second kappa shape index (κ2) is 6.95. The molecule has 144 valence electrons. The van der Waals surface area contributed by atoms with Crippen LogP contribution in [0.3, 0.4) is 0 Å². The third kappa shape index (κ3) is 2.96. The third-order valence-corrected chi connectivity index (χ3v) is 4.76.